The van der Waals surface area contributed by atoms with Gasteiger partial charge in [0.15, 0.2) is 0 Å². The van der Waals surface area contributed by atoms with Crippen LogP contribution in [-0.2, 0) is 12.8 Å². The number of hydrogen-bond acceptors (Lipinski definition) is 1. The summed E-state index contributed by atoms with van der Waals surface area (Å²) in [6, 6.07) is 9.57. The van der Waals surface area contributed by atoms with Crippen molar-refractivity contribution in [3.63, 3.8) is 0 Å². The lowest BCUT2D eigenvalue weighted by molar-refractivity contribution is 0.503. The molecule has 1 aliphatic rings. The SMILES string of the molecule is CCCCCCCCNC1Cc2ccccc2C1. The number of fused-ring (bicyclic) bond motifs is 1. The second-order valence-electron chi connectivity index (χ2n) is 5.60. The molecular weight excluding hydrogens is 218 g/mol. The van der Waals surface area contributed by atoms with Gasteiger partial charge in [0.25, 0.3) is 0 Å². The van der Waals surface area contributed by atoms with Gasteiger partial charge in [-0.1, -0.05) is 63.3 Å². The minimum absolute atomic E-state index is 0.693. The van der Waals surface area contributed by atoms with Crippen molar-refractivity contribution in [2.24, 2.45) is 0 Å². The first kappa shape index (κ1) is 13.6. The zero-order valence-corrected chi connectivity index (χ0v) is 11.8. The minimum atomic E-state index is 0.693. The van der Waals surface area contributed by atoms with Gasteiger partial charge in [0.1, 0.15) is 0 Å². The average Bonchev–Trinajstić information content (AvgIpc) is 2.80. The Bertz CT molecular complexity index is 320. The van der Waals surface area contributed by atoms with Gasteiger partial charge in [0.2, 0.25) is 0 Å². The van der Waals surface area contributed by atoms with Crippen LogP contribution in [0.4, 0.5) is 0 Å². The molecule has 0 aromatic heterocycles. The molecule has 1 aromatic rings. The predicted molar refractivity (Wildman–Crippen MR) is 79.0 cm³/mol. The highest BCUT2D eigenvalue weighted by atomic mass is 14.9. The first-order valence-electron chi connectivity index (χ1n) is 7.70. The van der Waals surface area contributed by atoms with Crippen molar-refractivity contribution in [3.05, 3.63) is 35.4 Å². The summed E-state index contributed by atoms with van der Waals surface area (Å²) in [5.41, 5.74) is 3.11. The van der Waals surface area contributed by atoms with E-state index >= 15 is 0 Å². The van der Waals surface area contributed by atoms with Crippen LogP contribution in [0.3, 0.4) is 0 Å². The van der Waals surface area contributed by atoms with Gasteiger partial charge in [0.05, 0.1) is 0 Å². The van der Waals surface area contributed by atoms with Crippen LogP contribution in [0.2, 0.25) is 0 Å². The molecule has 2 rings (SSSR count). The molecule has 0 heterocycles. The number of benzene rings is 1. The Morgan fingerprint density at radius 3 is 2.22 bits per heavy atom. The lowest BCUT2D eigenvalue weighted by Gasteiger charge is -2.11. The summed E-state index contributed by atoms with van der Waals surface area (Å²) in [5.74, 6) is 0. The van der Waals surface area contributed by atoms with Crippen molar-refractivity contribution in [1.29, 1.82) is 0 Å². The summed E-state index contributed by atoms with van der Waals surface area (Å²) in [6.45, 7) is 3.48. The molecule has 1 heteroatoms. The van der Waals surface area contributed by atoms with Crippen LogP contribution in [0.5, 0.6) is 0 Å². The van der Waals surface area contributed by atoms with Gasteiger partial charge >= 0.3 is 0 Å². The maximum Gasteiger partial charge on any atom is 0.0148 e. The Morgan fingerprint density at radius 1 is 0.944 bits per heavy atom. The van der Waals surface area contributed by atoms with E-state index in [2.05, 4.69) is 36.5 Å². The van der Waals surface area contributed by atoms with Gasteiger partial charge in [-0.25, -0.2) is 0 Å². The molecule has 0 aliphatic heterocycles. The van der Waals surface area contributed by atoms with E-state index < -0.39 is 0 Å². The summed E-state index contributed by atoms with van der Waals surface area (Å²) in [6.07, 6.45) is 10.8. The average molecular weight is 245 g/mol. The zero-order chi connectivity index (χ0) is 12.6. The fraction of sp³-hybridized carbons (Fsp3) is 0.647. The Balaban J connectivity index is 1.54. The lowest BCUT2D eigenvalue weighted by atomic mass is 10.1. The van der Waals surface area contributed by atoms with Crippen molar-refractivity contribution in [2.75, 3.05) is 6.54 Å². The molecule has 0 spiro atoms. The molecule has 0 saturated carbocycles. The Labute approximate surface area is 112 Å². The normalized spacial score (nSPS) is 14.9. The highest BCUT2D eigenvalue weighted by molar-refractivity contribution is 5.33. The standard InChI is InChI=1S/C17H27N/c1-2-3-4-5-6-9-12-18-17-13-15-10-7-8-11-16(15)14-17/h7-8,10-11,17-18H,2-6,9,12-14H2,1H3. The number of hydrogen-bond donors (Lipinski definition) is 1. The Kier molecular flexibility index (Phi) is 5.73. The molecule has 1 nitrogen and oxygen atoms in total. The molecule has 18 heavy (non-hydrogen) atoms. The topological polar surface area (TPSA) is 12.0 Å². The maximum atomic E-state index is 3.72. The zero-order valence-electron chi connectivity index (χ0n) is 11.8. The Morgan fingerprint density at radius 2 is 1.56 bits per heavy atom. The number of rotatable bonds is 8. The molecule has 0 amide bonds. The van der Waals surface area contributed by atoms with Crippen LogP contribution in [0.25, 0.3) is 0 Å². The van der Waals surface area contributed by atoms with E-state index in [-0.39, 0.29) is 0 Å². The molecule has 1 aliphatic carbocycles. The van der Waals surface area contributed by atoms with Gasteiger partial charge in [-0.2, -0.15) is 0 Å². The molecule has 1 aromatic carbocycles. The van der Waals surface area contributed by atoms with E-state index in [4.69, 9.17) is 0 Å². The first-order chi connectivity index (χ1) is 8.90. The third-order valence-corrected chi connectivity index (χ3v) is 4.01. The quantitative estimate of drug-likeness (QED) is 0.680. The molecule has 0 saturated heterocycles. The van der Waals surface area contributed by atoms with Gasteiger partial charge in [-0.15, -0.1) is 0 Å². The summed E-state index contributed by atoms with van der Waals surface area (Å²) in [5, 5.41) is 3.72. The van der Waals surface area contributed by atoms with E-state index in [1.807, 2.05) is 0 Å². The highest BCUT2D eigenvalue weighted by Crippen LogP contribution is 2.21. The number of unbranched alkanes of at least 4 members (excludes halogenated alkanes) is 5. The summed E-state index contributed by atoms with van der Waals surface area (Å²) in [4.78, 5) is 0. The van der Waals surface area contributed by atoms with Gasteiger partial charge < -0.3 is 5.32 Å². The summed E-state index contributed by atoms with van der Waals surface area (Å²) >= 11 is 0. The van der Waals surface area contributed by atoms with Crippen molar-refractivity contribution in [1.82, 2.24) is 5.32 Å². The molecule has 0 atom stereocenters. The van der Waals surface area contributed by atoms with E-state index in [1.54, 1.807) is 11.1 Å². The molecular formula is C17H27N. The van der Waals surface area contributed by atoms with Crippen molar-refractivity contribution in [3.8, 4) is 0 Å². The van der Waals surface area contributed by atoms with Crippen LogP contribution in [0, 0.1) is 0 Å². The van der Waals surface area contributed by atoms with E-state index in [0.29, 0.717) is 6.04 Å². The lowest BCUT2D eigenvalue weighted by Crippen LogP contribution is -2.30. The predicted octanol–water partition coefficient (Wildman–Crippen LogP) is 4.10. The summed E-state index contributed by atoms with van der Waals surface area (Å²) < 4.78 is 0. The first-order valence-corrected chi connectivity index (χ1v) is 7.70. The van der Waals surface area contributed by atoms with E-state index in [9.17, 15) is 0 Å². The van der Waals surface area contributed by atoms with E-state index in [0.717, 1.165) is 0 Å². The van der Waals surface area contributed by atoms with Crippen molar-refractivity contribution < 1.29 is 0 Å². The molecule has 100 valence electrons. The fourth-order valence-corrected chi connectivity index (χ4v) is 2.91. The highest BCUT2D eigenvalue weighted by Gasteiger charge is 2.19. The van der Waals surface area contributed by atoms with Gasteiger partial charge in [0, 0.05) is 6.04 Å². The second-order valence-corrected chi connectivity index (χ2v) is 5.60. The number of nitrogens with one attached hydrogen (secondary N) is 1. The smallest absolute Gasteiger partial charge is 0.0148 e. The minimum Gasteiger partial charge on any atom is -0.313 e. The van der Waals surface area contributed by atoms with Crippen molar-refractivity contribution in [2.45, 2.75) is 64.3 Å². The van der Waals surface area contributed by atoms with Gasteiger partial charge in [-0.05, 0) is 36.9 Å². The molecule has 0 radical (unpaired) electrons. The van der Waals surface area contributed by atoms with Crippen LogP contribution >= 0.6 is 0 Å². The van der Waals surface area contributed by atoms with Crippen LogP contribution in [0.15, 0.2) is 24.3 Å². The maximum absolute atomic E-state index is 3.72. The van der Waals surface area contributed by atoms with Crippen LogP contribution in [-0.4, -0.2) is 12.6 Å². The second kappa shape index (κ2) is 7.58. The molecule has 0 fully saturated rings. The molecule has 0 unspecified atom stereocenters. The molecule has 1 N–H and O–H groups in total. The van der Waals surface area contributed by atoms with Crippen LogP contribution in [0.1, 0.15) is 56.6 Å². The van der Waals surface area contributed by atoms with Crippen LogP contribution < -0.4 is 5.32 Å². The fourth-order valence-electron chi connectivity index (χ4n) is 2.91. The van der Waals surface area contributed by atoms with Crippen molar-refractivity contribution >= 4 is 0 Å². The largest absolute Gasteiger partial charge is 0.313 e. The van der Waals surface area contributed by atoms with Gasteiger partial charge in [-0.3, -0.25) is 0 Å². The molecule has 0 bridgehead atoms. The monoisotopic (exact) mass is 245 g/mol. The Hall–Kier alpha value is -0.820. The third-order valence-electron chi connectivity index (χ3n) is 4.01. The summed E-state index contributed by atoms with van der Waals surface area (Å²) in [7, 11) is 0. The third kappa shape index (κ3) is 4.13. The van der Waals surface area contributed by atoms with E-state index in [1.165, 1.54) is 57.9 Å².